The van der Waals surface area contributed by atoms with Crippen LogP contribution in [0.15, 0.2) is 46.9 Å². The van der Waals surface area contributed by atoms with Gasteiger partial charge in [0.25, 0.3) is 0 Å². The van der Waals surface area contributed by atoms with Crippen molar-refractivity contribution >= 4 is 15.9 Å². The van der Waals surface area contributed by atoms with Crippen molar-refractivity contribution in [3.8, 4) is 5.75 Å². The lowest BCUT2D eigenvalue weighted by Crippen LogP contribution is -2.17. The highest BCUT2D eigenvalue weighted by Crippen LogP contribution is 2.24. The Morgan fingerprint density at radius 3 is 2.70 bits per heavy atom. The van der Waals surface area contributed by atoms with E-state index in [2.05, 4.69) is 72.3 Å². The fourth-order valence-electron chi connectivity index (χ4n) is 2.40. The Balaban J connectivity index is 1.97. The minimum Gasteiger partial charge on any atom is -0.489 e. The predicted octanol–water partition coefficient (Wildman–Crippen LogP) is 5.47. The first-order chi connectivity index (χ1) is 11.0. The molecule has 2 nitrogen and oxygen atoms in total. The molecule has 0 atom stereocenters. The van der Waals surface area contributed by atoms with E-state index in [1.807, 2.05) is 12.1 Å². The van der Waals surface area contributed by atoms with E-state index in [4.69, 9.17) is 4.74 Å². The van der Waals surface area contributed by atoms with Crippen molar-refractivity contribution in [3.05, 3.63) is 63.6 Å². The van der Waals surface area contributed by atoms with Gasteiger partial charge in [-0.1, -0.05) is 59.6 Å². The van der Waals surface area contributed by atoms with Gasteiger partial charge >= 0.3 is 0 Å². The van der Waals surface area contributed by atoms with Crippen molar-refractivity contribution in [1.29, 1.82) is 0 Å². The Labute approximate surface area is 148 Å². The molecule has 0 unspecified atom stereocenters. The third kappa shape index (κ3) is 6.36. The van der Waals surface area contributed by atoms with Gasteiger partial charge in [-0.3, -0.25) is 0 Å². The second-order valence-electron chi connectivity index (χ2n) is 6.39. The maximum absolute atomic E-state index is 6.05. The van der Waals surface area contributed by atoms with Crippen LogP contribution in [-0.4, -0.2) is 6.54 Å². The van der Waals surface area contributed by atoms with Crippen LogP contribution in [0.25, 0.3) is 0 Å². The second kappa shape index (κ2) is 9.09. The van der Waals surface area contributed by atoms with Crippen LogP contribution in [0.4, 0.5) is 0 Å². The lowest BCUT2D eigenvalue weighted by molar-refractivity contribution is 0.302. The zero-order chi connectivity index (χ0) is 16.7. The third-order valence-electron chi connectivity index (χ3n) is 3.71. The Kier molecular flexibility index (Phi) is 7.13. The first kappa shape index (κ1) is 18.0. The molecule has 0 amide bonds. The molecule has 0 bridgehead atoms. The molecule has 0 spiro atoms. The molecule has 3 heteroatoms. The van der Waals surface area contributed by atoms with Crippen LogP contribution in [0, 0.1) is 12.8 Å². The zero-order valence-electron chi connectivity index (χ0n) is 14.2. The summed E-state index contributed by atoms with van der Waals surface area (Å²) < 4.78 is 7.13. The number of aryl methyl sites for hydroxylation is 1. The minimum atomic E-state index is 0.600. The van der Waals surface area contributed by atoms with Crippen LogP contribution < -0.4 is 10.1 Å². The van der Waals surface area contributed by atoms with E-state index in [0.29, 0.717) is 6.61 Å². The molecule has 2 aromatic rings. The number of benzene rings is 2. The van der Waals surface area contributed by atoms with Gasteiger partial charge < -0.3 is 10.1 Å². The van der Waals surface area contributed by atoms with Gasteiger partial charge in [-0.25, -0.2) is 0 Å². The Hall–Kier alpha value is -1.32. The topological polar surface area (TPSA) is 21.3 Å². The van der Waals surface area contributed by atoms with Crippen LogP contribution in [0.1, 0.15) is 37.0 Å². The quantitative estimate of drug-likeness (QED) is 0.617. The molecule has 0 aliphatic carbocycles. The van der Waals surface area contributed by atoms with Crippen LogP contribution in [-0.2, 0) is 13.2 Å². The molecule has 0 radical (unpaired) electrons. The van der Waals surface area contributed by atoms with E-state index in [1.54, 1.807) is 0 Å². The van der Waals surface area contributed by atoms with E-state index in [0.717, 1.165) is 29.2 Å². The van der Waals surface area contributed by atoms with Crippen molar-refractivity contribution in [2.24, 2.45) is 5.92 Å². The summed E-state index contributed by atoms with van der Waals surface area (Å²) in [5.41, 5.74) is 3.65. The molecule has 0 saturated heterocycles. The molecule has 0 heterocycles. The van der Waals surface area contributed by atoms with Crippen molar-refractivity contribution in [2.75, 3.05) is 6.54 Å². The molecule has 2 aromatic carbocycles. The first-order valence-electron chi connectivity index (χ1n) is 8.22. The Bertz CT molecular complexity index is 625. The number of rotatable bonds is 8. The summed E-state index contributed by atoms with van der Waals surface area (Å²) in [4.78, 5) is 0. The van der Waals surface area contributed by atoms with E-state index in [-0.39, 0.29) is 0 Å². The van der Waals surface area contributed by atoms with Crippen molar-refractivity contribution in [2.45, 2.75) is 40.3 Å². The van der Waals surface area contributed by atoms with Gasteiger partial charge in [-0.15, -0.1) is 0 Å². The number of ether oxygens (including phenoxy) is 1. The van der Waals surface area contributed by atoms with Gasteiger partial charge in [0.15, 0.2) is 0 Å². The number of nitrogens with one attached hydrogen (secondary N) is 1. The second-order valence-corrected chi connectivity index (χ2v) is 7.30. The average Bonchev–Trinajstić information content (AvgIpc) is 2.50. The Morgan fingerprint density at radius 1 is 1.13 bits per heavy atom. The maximum atomic E-state index is 6.05. The van der Waals surface area contributed by atoms with E-state index in [1.165, 1.54) is 23.1 Å². The van der Waals surface area contributed by atoms with E-state index in [9.17, 15) is 0 Å². The summed E-state index contributed by atoms with van der Waals surface area (Å²) in [5.74, 6) is 1.67. The van der Waals surface area contributed by atoms with Gasteiger partial charge in [0.2, 0.25) is 0 Å². The van der Waals surface area contributed by atoms with Crippen LogP contribution in [0.5, 0.6) is 5.75 Å². The normalized spacial score (nSPS) is 11.0. The van der Waals surface area contributed by atoms with Crippen molar-refractivity contribution < 1.29 is 4.74 Å². The van der Waals surface area contributed by atoms with Gasteiger partial charge in [0, 0.05) is 16.6 Å². The highest BCUT2D eigenvalue weighted by molar-refractivity contribution is 9.10. The molecule has 23 heavy (non-hydrogen) atoms. The maximum Gasteiger partial charge on any atom is 0.124 e. The summed E-state index contributed by atoms with van der Waals surface area (Å²) >= 11 is 3.55. The standard InChI is InChI=1S/C20H26BrNO/c1-15(2)9-10-22-13-18-12-19(21)7-8-20(18)23-14-17-6-4-5-16(3)11-17/h4-8,11-12,15,22H,9-10,13-14H2,1-3H3. The smallest absolute Gasteiger partial charge is 0.124 e. The van der Waals surface area contributed by atoms with E-state index < -0.39 is 0 Å². The summed E-state index contributed by atoms with van der Waals surface area (Å²) in [6.07, 6.45) is 1.19. The molecule has 124 valence electrons. The molecule has 0 aromatic heterocycles. The monoisotopic (exact) mass is 375 g/mol. The number of halogens is 1. The molecule has 0 saturated carbocycles. The molecule has 0 aliphatic rings. The largest absolute Gasteiger partial charge is 0.489 e. The summed E-state index contributed by atoms with van der Waals surface area (Å²) in [6.45, 7) is 9.06. The summed E-state index contributed by atoms with van der Waals surface area (Å²) in [5, 5.41) is 3.51. The van der Waals surface area contributed by atoms with Gasteiger partial charge in [-0.2, -0.15) is 0 Å². The fourth-order valence-corrected chi connectivity index (χ4v) is 2.81. The SMILES string of the molecule is Cc1cccc(COc2ccc(Br)cc2CNCCC(C)C)c1. The van der Waals surface area contributed by atoms with Gasteiger partial charge in [-0.05, 0) is 49.6 Å². The average molecular weight is 376 g/mol. The number of hydrogen-bond acceptors (Lipinski definition) is 2. The summed E-state index contributed by atoms with van der Waals surface area (Å²) in [6, 6.07) is 14.7. The van der Waals surface area contributed by atoms with Crippen molar-refractivity contribution in [3.63, 3.8) is 0 Å². The fraction of sp³-hybridized carbons (Fsp3) is 0.400. The third-order valence-corrected chi connectivity index (χ3v) is 4.21. The summed E-state index contributed by atoms with van der Waals surface area (Å²) in [7, 11) is 0. The van der Waals surface area contributed by atoms with Crippen molar-refractivity contribution in [1.82, 2.24) is 5.32 Å². The molecule has 1 N–H and O–H groups in total. The molecule has 2 rings (SSSR count). The molecule has 0 fully saturated rings. The first-order valence-corrected chi connectivity index (χ1v) is 9.01. The number of hydrogen-bond donors (Lipinski definition) is 1. The van der Waals surface area contributed by atoms with Gasteiger partial charge in [0.1, 0.15) is 12.4 Å². The van der Waals surface area contributed by atoms with E-state index >= 15 is 0 Å². The van der Waals surface area contributed by atoms with Gasteiger partial charge in [0.05, 0.1) is 0 Å². The van der Waals surface area contributed by atoms with Crippen LogP contribution >= 0.6 is 15.9 Å². The highest BCUT2D eigenvalue weighted by atomic mass is 79.9. The highest BCUT2D eigenvalue weighted by Gasteiger charge is 2.06. The predicted molar refractivity (Wildman–Crippen MR) is 101 cm³/mol. The molecule has 0 aliphatic heterocycles. The van der Waals surface area contributed by atoms with Crippen LogP contribution in [0.3, 0.4) is 0 Å². The molecular formula is C20H26BrNO. The van der Waals surface area contributed by atoms with Crippen LogP contribution in [0.2, 0.25) is 0 Å². The zero-order valence-corrected chi connectivity index (χ0v) is 15.8. The Morgan fingerprint density at radius 2 is 1.96 bits per heavy atom. The molecular weight excluding hydrogens is 350 g/mol. The minimum absolute atomic E-state index is 0.600. The lowest BCUT2D eigenvalue weighted by atomic mass is 10.1. The lowest BCUT2D eigenvalue weighted by Gasteiger charge is -2.14.